The minimum absolute atomic E-state index is 0.00536. The average molecular weight is 328 g/mol. The van der Waals surface area contributed by atoms with Crippen LogP contribution in [0.4, 0.5) is 0 Å². The number of amides is 1. The van der Waals surface area contributed by atoms with Gasteiger partial charge in [0.2, 0.25) is 0 Å². The predicted octanol–water partition coefficient (Wildman–Crippen LogP) is 2.89. The van der Waals surface area contributed by atoms with Gasteiger partial charge in [-0.1, -0.05) is 17.7 Å². The number of aryl methyl sites for hydroxylation is 1. The number of rotatable bonds is 8. The summed E-state index contributed by atoms with van der Waals surface area (Å²) in [5, 5.41) is 5.85. The van der Waals surface area contributed by atoms with Crippen LogP contribution in [0.5, 0.6) is 17.2 Å². The Morgan fingerprint density at radius 2 is 1.54 bits per heavy atom. The molecule has 0 spiro atoms. The highest BCUT2D eigenvalue weighted by molar-refractivity contribution is 5.77. The molecule has 2 aromatic carbocycles. The molecular weight excluding hydrogens is 304 g/mol. The van der Waals surface area contributed by atoms with Crippen molar-refractivity contribution in [2.24, 2.45) is 0 Å². The van der Waals surface area contributed by atoms with Crippen molar-refractivity contribution in [2.45, 2.75) is 19.9 Å². The van der Waals surface area contributed by atoms with Gasteiger partial charge in [-0.05, 0) is 57.3 Å². The Labute approximate surface area is 143 Å². The Bertz CT molecular complexity index is 639. The molecule has 1 unspecified atom stereocenters. The van der Waals surface area contributed by atoms with Crippen LogP contribution in [0.1, 0.15) is 12.5 Å². The molecule has 0 bridgehead atoms. The van der Waals surface area contributed by atoms with E-state index in [1.54, 1.807) is 12.1 Å². The van der Waals surface area contributed by atoms with E-state index < -0.39 is 0 Å². The molecule has 24 heavy (non-hydrogen) atoms. The number of nitrogens with one attached hydrogen (secondary N) is 2. The van der Waals surface area contributed by atoms with Gasteiger partial charge in [0.1, 0.15) is 17.2 Å². The van der Waals surface area contributed by atoms with Crippen molar-refractivity contribution in [2.75, 3.05) is 20.2 Å². The maximum Gasteiger partial charge on any atom is 0.257 e. The van der Waals surface area contributed by atoms with E-state index in [-0.39, 0.29) is 18.6 Å². The molecule has 2 aromatic rings. The van der Waals surface area contributed by atoms with Crippen LogP contribution in [-0.4, -0.2) is 32.1 Å². The van der Waals surface area contributed by atoms with E-state index in [9.17, 15) is 4.79 Å². The van der Waals surface area contributed by atoms with Crippen molar-refractivity contribution in [3.05, 3.63) is 54.1 Å². The molecule has 2 rings (SSSR count). The van der Waals surface area contributed by atoms with E-state index >= 15 is 0 Å². The van der Waals surface area contributed by atoms with E-state index in [0.29, 0.717) is 12.3 Å². The minimum atomic E-state index is -0.142. The van der Waals surface area contributed by atoms with Gasteiger partial charge in [0, 0.05) is 12.6 Å². The van der Waals surface area contributed by atoms with Crippen molar-refractivity contribution >= 4 is 5.91 Å². The van der Waals surface area contributed by atoms with E-state index in [2.05, 4.69) is 10.6 Å². The molecular formula is C19H24N2O3. The van der Waals surface area contributed by atoms with Crippen LogP contribution in [0.2, 0.25) is 0 Å². The minimum Gasteiger partial charge on any atom is -0.484 e. The highest BCUT2D eigenvalue weighted by Gasteiger charge is 2.05. The maximum absolute atomic E-state index is 11.7. The number of benzene rings is 2. The Hall–Kier alpha value is -2.53. The van der Waals surface area contributed by atoms with Gasteiger partial charge in [0.15, 0.2) is 6.61 Å². The molecule has 1 amide bonds. The van der Waals surface area contributed by atoms with Crippen molar-refractivity contribution in [1.82, 2.24) is 10.6 Å². The molecule has 0 saturated heterocycles. The zero-order valence-corrected chi connectivity index (χ0v) is 14.3. The predicted molar refractivity (Wildman–Crippen MR) is 94.7 cm³/mol. The van der Waals surface area contributed by atoms with E-state index in [1.165, 1.54) is 5.56 Å². The topological polar surface area (TPSA) is 59.6 Å². The summed E-state index contributed by atoms with van der Waals surface area (Å²) >= 11 is 0. The van der Waals surface area contributed by atoms with Crippen molar-refractivity contribution in [1.29, 1.82) is 0 Å². The Morgan fingerprint density at radius 3 is 2.12 bits per heavy atom. The average Bonchev–Trinajstić information content (AvgIpc) is 2.61. The summed E-state index contributed by atoms with van der Waals surface area (Å²) in [6, 6.07) is 15.3. The molecule has 0 aliphatic heterocycles. The zero-order valence-electron chi connectivity index (χ0n) is 14.3. The highest BCUT2D eigenvalue weighted by atomic mass is 16.5. The fraction of sp³-hybridized carbons (Fsp3) is 0.316. The zero-order chi connectivity index (χ0) is 17.4. The molecule has 0 fully saturated rings. The first-order valence-electron chi connectivity index (χ1n) is 7.98. The van der Waals surface area contributed by atoms with Gasteiger partial charge in [0.05, 0.1) is 0 Å². The molecule has 0 aliphatic rings. The fourth-order valence-corrected chi connectivity index (χ4v) is 1.92. The molecule has 0 saturated carbocycles. The van der Waals surface area contributed by atoms with Gasteiger partial charge >= 0.3 is 0 Å². The molecule has 5 heteroatoms. The Balaban J connectivity index is 1.79. The van der Waals surface area contributed by atoms with E-state index in [0.717, 1.165) is 11.5 Å². The summed E-state index contributed by atoms with van der Waals surface area (Å²) in [6.45, 7) is 4.59. The molecule has 128 valence electrons. The van der Waals surface area contributed by atoms with Crippen molar-refractivity contribution < 1.29 is 14.3 Å². The van der Waals surface area contributed by atoms with Crippen LogP contribution in [0.25, 0.3) is 0 Å². The van der Waals surface area contributed by atoms with Crippen LogP contribution in [0.3, 0.4) is 0 Å². The monoisotopic (exact) mass is 328 g/mol. The number of hydrogen-bond donors (Lipinski definition) is 2. The normalized spacial score (nSPS) is 11.6. The summed E-state index contributed by atoms with van der Waals surface area (Å²) in [4.78, 5) is 11.7. The lowest BCUT2D eigenvalue weighted by atomic mass is 10.2. The largest absolute Gasteiger partial charge is 0.484 e. The first-order chi connectivity index (χ1) is 11.6. The summed E-state index contributed by atoms with van der Waals surface area (Å²) in [7, 11) is 1.85. The van der Waals surface area contributed by atoms with Crippen molar-refractivity contribution in [3.8, 4) is 17.2 Å². The van der Waals surface area contributed by atoms with Gasteiger partial charge in [0.25, 0.3) is 5.91 Å². The molecule has 0 radical (unpaired) electrons. The Kier molecular flexibility index (Phi) is 6.63. The smallest absolute Gasteiger partial charge is 0.257 e. The lowest BCUT2D eigenvalue weighted by Crippen LogP contribution is -2.39. The second-order valence-electron chi connectivity index (χ2n) is 5.67. The molecule has 1 atom stereocenters. The fourth-order valence-electron chi connectivity index (χ4n) is 1.92. The van der Waals surface area contributed by atoms with Gasteiger partial charge < -0.3 is 20.1 Å². The number of hydrogen-bond acceptors (Lipinski definition) is 4. The number of ether oxygens (including phenoxy) is 2. The van der Waals surface area contributed by atoms with Crippen LogP contribution in [0.15, 0.2) is 48.5 Å². The molecule has 5 nitrogen and oxygen atoms in total. The third kappa shape index (κ3) is 5.93. The van der Waals surface area contributed by atoms with Crippen LogP contribution in [0, 0.1) is 6.92 Å². The van der Waals surface area contributed by atoms with Gasteiger partial charge in [-0.15, -0.1) is 0 Å². The lowest BCUT2D eigenvalue weighted by Gasteiger charge is -2.12. The second kappa shape index (κ2) is 8.93. The lowest BCUT2D eigenvalue weighted by molar-refractivity contribution is -0.123. The molecule has 0 heterocycles. The standard InChI is InChI=1S/C19H24N2O3/c1-14-4-6-17(7-5-14)24-18-10-8-16(9-11-18)23-13-19(22)21-12-15(2)20-3/h4-11,15,20H,12-13H2,1-3H3,(H,21,22). The van der Waals surface area contributed by atoms with Crippen LogP contribution >= 0.6 is 0 Å². The van der Waals surface area contributed by atoms with Gasteiger partial charge in [-0.3, -0.25) is 4.79 Å². The third-order valence-electron chi connectivity index (χ3n) is 3.55. The SMILES string of the molecule is CNC(C)CNC(=O)COc1ccc(Oc2ccc(C)cc2)cc1. The second-order valence-corrected chi connectivity index (χ2v) is 5.67. The summed E-state index contributed by atoms with van der Waals surface area (Å²) < 4.78 is 11.2. The molecule has 0 aliphatic carbocycles. The third-order valence-corrected chi connectivity index (χ3v) is 3.55. The van der Waals surface area contributed by atoms with E-state index in [4.69, 9.17) is 9.47 Å². The Morgan fingerprint density at radius 1 is 1.00 bits per heavy atom. The summed E-state index contributed by atoms with van der Waals surface area (Å²) in [6.07, 6.45) is 0. The first-order valence-corrected chi connectivity index (χ1v) is 7.98. The van der Waals surface area contributed by atoms with E-state index in [1.807, 2.05) is 57.3 Å². The highest BCUT2D eigenvalue weighted by Crippen LogP contribution is 2.24. The summed E-state index contributed by atoms with van der Waals surface area (Å²) in [5.41, 5.74) is 1.19. The maximum atomic E-state index is 11.7. The number of carbonyl (C=O) groups excluding carboxylic acids is 1. The van der Waals surface area contributed by atoms with Gasteiger partial charge in [-0.25, -0.2) is 0 Å². The summed E-state index contributed by atoms with van der Waals surface area (Å²) in [5.74, 6) is 1.99. The number of carbonyl (C=O) groups is 1. The quantitative estimate of drug-likeness (QED) is 0.782. The molecule has 2 N–H and O–H groups in total. The van der Waals surface area contributed by atoms with Crippen molar-refractivity contribution in [3.63, 3.8) is 0 Å². The van der Waals surface area contributed by atoms with Gasteiger partial charge in [-0.2, -0.15) is 0 Å². The first kappa shape index (κ1) is 17.8. The van der Waals surface area contributed by atoms with Crippen LogP contribution < -0.4 is 20.1 Å². The number of likely N-dealkylation sites (N-methyl/N-ethyl adjacent to an activating group) is 1. The van der Waals surface area contributed by atoms with Crippen LogP contribution in [-0.2, 0) is 4.79 Å². The molecule has 0 aromatic heterocycles.